The number of carboxylic acids is 1. The number of fused-ring (bicyclic) bond motifs is 3. The molecule has 0 bridgehead atoms. The Kier molecular flexibility index (Phi) is 6.72. The second-order valence-electron chi connectivity index (χ2n) is 9.63. The largest absolute Gasteiger partial charge is 0.480 e. The van der Waals surface area contributed by atoms with Crippen LogP contribution in [-0.2, 0) is 19.1 Å². The van der Waals surface area contributed by atoms with Gasteiger partial charge >= 0.3 is 12.1 Å². The highest BCUT2D eigenvalue weighted by Crippen LogP contribution is 2.44. The minimum absolute atomic E-state index is 0.0269. The van der Waals surface area contributed by atoms with Crippen molar-refractivity contribution >= 4 is 18.0 Å². The van der Waals surface area contributed by atoms with E-state index >= 15 is 0 Å². The van der Waals surface area contributed by atoms with Crippen molar-refractivity contribution in [1.82, 2.24) is 10.6 Å². The summed E-state index contributed by atoms with van der Waals surface area (Å²) in [5.41, 5.74) is 4.61. The van der Waals surface area contributed by atoms with Gasteiger partial charge in [0.2, 0.25) is 5.91 Å². The molecule has 3 aliphatic rings. The van der Waals surface area contributed by atoms with Crippen molar-refractivity contribution in [2.24, 2.45) is 11.8 Å². The van der Waals surface area contributed by atoms with Crippen LogP contribution >= 0.6 is 0 Å². The number of carbonyl (C=O) groups is 3. The van der Waals surface area contributed by atoms with Gasteiger partial charge < -0.3 is 25.2 Å². The van der Waals surface area contributed by atoms with Gasteiger partial charge in [-0.15, -0.1) is 0 Å². The van der Waals surface area contributed by atoms with Crippen LogP contribution in [0.2, 0.25) is 0 Å². The molecule has 0 unspecified atom stereocenters. The predicted molar refractivity (Wildman–Crippen MR) is 128 cm³/mol. The van der Waals surface area contributed by atoms with Gasteiger partial charge in [0.25, 0.3) is 0 Å². The first-order chi connectivity index (χ1) is 17.0. The molecule has 3 N–H and O–H groups in total. The van der Waals surface area contributed by atoms with Crippen molar-refractivity contribution in [3.8, 4) is 11.1 Å². The average molecular weight is 479 g/mol. The standard InChI is InChI=1S/C27H30N2O6/c30-25(29-23(26(31)32)13-16-9-10-16)24-17(11-12-34-24)14-28-27(33)35-15-22-20-7-3-1-5-18(20)19-6-2-4-8-21(19)22/h1-8,16-17,22-24H,9-15H2,(H,28,33)(H,29,30)(H,31,32)/t17-,23+,24-/m1/s1. The quantitative estimate of drug-likeness (QED) is 0.510. The lowest BCUT2D eigenvalue weighted by Gasteiger charge is -2.21. The molecule has 1 aliphatic heterocycles. The number of alkyl carbamates (subject to hydrolysis) is 1. The molecule has 8 nitrogen and oxygen atoms in total. The summed E-state index contributed by atoms with van der Waals surface area (Å²) in [7, 11) is 0. The first-order valence-electron chi connectivity index (χ1n) is 12.2. The van der Waals surface area contributed by atoms with E-state index in [1.54, 1.807) is 0 Å². The third kappa shape index (κ3) is 5.17. The summed E-state index contributed by atoms with van der Waals surface area (Å²) in [6.45, 7) is 0.816. The maximum Gasteiger partial charge on any atom is 0.407 e. The van der Waals surface area contributed by atoms with Crippen molar-refractivity contribution in [3.63, 3.8) is 0 Å². The van der Waals surface area contributed by atoms with E-state index in [2.05, 4.69) is 34.9 Å². The van der Waals surface area contributed by atoms with E-state index in [1.165, 1.54) is 0 Å². The smallest absolute Gasteiger partial charge is 0.407 e. The van der Waals surface area contributed by atoms with E-state index in [0.29, 0.717) is 25.4 Å². The van der Waals surface area contributed by atoms with Gasteiger partial charge in [0, 0.05) is 25.0 Å². The second kappa shape index (κ2) is 10.1. The van der Waals surface area contributed by atoms with E-state index in [1.807, 2.05) is 24.3 Å². The number of amides is 2. The SMILES string of the molecule is O=C(NC[C@H]1CCO[C@H]1C(=O)N[C@@H](CC1CC1)C(=O)O)OCC1c2ccccc2-c2ccccc21. The Bertz CT molecular complexity index is 1070. The Labute approximate surface area is 204 Å². The van der Waals surface area contributed by atoms with Crippen LogP contribution in [0, 0.1) is 11.8 Å². The molecule has 1 heterocycles. The topological polar surface area (TPSA) is 114 Å². The van der Waals surface area contributed by atoms with Crippen LogP contribution in [0.4, 0.5) is 4.79 Å². The van der Waals surface area contributed by atoms with E-state index in [4.69, 9.17) is 9.47 Å². The lowest BCUT2D eigenvalue weighted by Crippen LogP contribution is -2.48. The number of carbonyl (C=O) groups excluding carboxylic acids is 2. The highest BCUT2D eigenvalue weighted by atomic mass is 16.5. The van der Waals surface area contributed by atoms with Crippen LogP contribution in [0.5, 0.6) is 0 Å². The summed E-state index contributed by atoms with van der Waals surface area (Å²) >= 11 is 0. The van der Waals surface area contributed by atoms with Crippen LogP contribution in [0.1, 0.15) is 42.7 Å². The van der Waals surface area contributed by atoms with Gasteiger partial charge in [-0.2, -0.15) is 0 Å². The number of ether oxygens (including phenoxy) is 2. The molecule has 1 saturated carbocycles. The normalized spacial score (nSPS) is 21.6. The van der Waals surface area contributed by atoms with Gasteiger partial charge in [-0.3, -0.25) is 4.79 Å². The zero-order chi connectivity index (χ0) is 24.4. The summed E-state index contributed by atoms with van der Waals surface area (Å²) in [4.78, 5) is 36.7. The Hall–Kier alpha value is -3.39. The Balaban J connectivity index is 1.13. The predicted octanol–water partition coefficient (Wildman–Crippen LogP) is 3.30. The summed E-state index contributed by atoms with van der Waals surface area (Å²) < 4.78 is 11.2. The molecule has 3 atom stereocenters. The number of benzene rings is 2. The number of rotatable bonds is 9. The lowest BCUT2D eigenvalue weighted by molar-refractivity contribution is -0.144. The molecule has 0 radical (unpaired) electrons. The summed E-state index contributed by atoms with van der Waals surface area (Å²) in [6, 6.07) is 15.4. The molecule has 2 aromatic rings. The van der Waals surface area contributed by atoms with Crippen molar-refractivity contribution in [3.05, 3.63) is 59.7 Å². The van der Waals surface area contributed by atoms with Gasteiger partial charge in [-0.1, -0.05) is 61.4 Å². The minimum atomic E-state index is -1.03. The average Bonchev–Trinajstić information content (AvgIpc) is 3.45. The van der Waals surface area contributed by atoms with Crippen LogP contribution in [0.15, 0.2) is 48.5 Å². The fourth-order valence-electron chi connectivity index (χ4n) is 5.16. The summed E-state index contributed by atoms with van der Waals surface area (Å²) in [6.07, 6.45) is 1.72. The zero-order valence-electron chi connectivity index (χ0n) is 19.4. The molecule has 0 aromatic heterocycles. The van der Waals surface area contributed by atoms with Gasteiger partial charge in [0.1, 0.15) is 18.8 Å². The molecular weight excluding hydrogens is 448 g/mol. The van der Waals surface area contributed by atoms with Crippen molar-refractivity contribution < 1.29 is 29.0 Å². The lowest BCUT2D eigenvalue weighted by atomic mass is 9.98. The molecule has 1 saturated heterocycles. The third-order valence-electron chi connectivity index (χ3n) is 7.21. The number of hydrogen-bond donors (Lipinski definition) is 3. The molecule has 2 aliphatic carbocycles. The maximum absolute atomic E-state index is 12.7. The van der Waals surface area contributed by atoms with Crippen LogP contribution in [-0.4, -0.2) is 55.0 Å². The number of nitrogens with one attached hydrogen (secondary N) is 2. The maximum atomic E-state index is 12.7. The molecule has 184 valence electrons. The van der Waals surface area contributed by atoms with Crippen molar-refractivity contribution in [1.29, 1.82) is 0 Å². The molecule has 2 amide bonds. The van der Waals surface area contributed by atoms with E-state index < -0.39 is 30.1 Å². The highest BCUT2D eigenvalue weighted by Gasteiger charge is 2.38. The van der Waals surface area contributed by atoms with Crippen LogP contribution in [0.25, 0.3) is 11.1 Å². The highest BCUT2D eigenvalue weighted by molar-refractivity contribution is 5.87. The Morgan fingerprint density at radius 3 is 2.29 bits per heavy atom. The number of hydrogen-bond acceptors (Lipinski definition) is 5. The monoisotopic (exact) mass is 478 g/mol. The first kappa shape index (κ1) is 23.4. The van der Waals surface area contributed by atoms with Crippen molar-refractivity contribution in [2.75, 3.05) is 19.8 Å². The Morgan fingerprint density at radius 2 is 1.66 bits per heavy atom. The van der Waals surface area contributed by atoms with Gasteiger partial charge in [-0.05, 0) is 41.0 Å². The molecule has 35 heavy (non-hydrogen) atoms. The van der Waals surface area contributed by atoms with Gasteiger partial charge in [0.05, 0.1) is 0 Å². The van der Waals surface area contributed by atoms with Gasteiger partial charge in [-0.25, -0.2) is 9.59 Å². The van der Waals surface area contributed by atoms with E-state index in [-0.39, 0.29) is 25.0 Å². The molecular formula is C27H30N2O6. The second-order valence-corrected chi connectivity index (χ2v) is 9.63. The van der Waals surface area contributed by atoms with E-state index in [0.717, 1.165) is 35.1 Å². The van der Waals surface area contributed by atoms with E-state index in [9.17, 15) is 19.5 Å². The van der Waals surface area contributed by atoms with Crippen LogP contribution < -0.4 is 10.6 Å². The first-order valence-corrected chi connectivity index (χ1v) is 12.2. The van der Waals surface area contributed by atoms with Crippen molar-refractivity contribution in [2.45, 2.75) is 43.7 Å². The third-order valence-corrected chi connectivity index (χ3v) is 7.21. The van der Waals surface area contributed by atoms with Gasteiger partial charge in [0.15, 0.2) is 0 Å². The Morgan fingerprint density at radius 1 is 1.00 bits per heavy atom. The molecule has 5 rings (SSSR count). The summed E-state index contributed by atoms with van der Waals surface area (Å²) in [5, 5.41) is 14.8. The molecule has 0 spiro atoms. The minimum Gasteiger partial charge on any atom is -0.480 e. The summed E-state index contributed by atoms with van der Waals surface area (Å²) in [5.74, 6) is -1.37. The van der Waals surface area contributed by atoms with Crippen LogP contribution in [0.3, 0.4) is 0 Å². The fourth-order valence-corrected chi connectivity index (χ4v) is 5.16. The fraction of sp³-hybridized carbons (Fsp3) is 0.444. The molecule has 8 heteroatoms. The molecule has 2 fully saturated rings. The number of aliphatic carboxylic acids is 1. The molecule has 2 aromatic carbocycles. The zero-order valence-corrected chi connectivity index (χ0v) is 19.4. The number of carboxylic acid groups (broad SMARTS) is 1.